The van der Waals surface area contributed by atoms with Crippen LogP contribution in [0.3, 0.4) is 0 Å². The van der Waals surface area contributed by atoms with Crippen molar-refractivity contribution in [3.05, 3.63) is 60.2 Å². The molecule has 0 spiro atoms. The zero-order chi connectivity index (χ0) is 14.7. The summed E-state index contributed by atoms with van der Waals surface area (Å²) in [5.74, 6) is 0.221. The normalized spacial score (nSPS) is 21.4. The van der Waals surface area contributed by atoms with Crippen LogP contribution in [-0.4, -0.2) is 15.6 Å². The fraction of sp³-hybridized carbons (Fsp3) is 0.412. The van der Waals surface area contributed by atoms with Crippen LogP contribution in [0, 0.1) is 5.92 Å². The van der Waals surface area contributed by atoms with Crippen molar-refractivity contribution < 1.29 is 0 Å². The first-order valence-electron chi connectivity index (χ1n) is 7.58. The molecule has 4 heteroatoms. The Labute approximate surface area is 125 Å². The van der Waals surface area contributed by atoms with Crippen molar-refractivity contribution in [1.29, 1.82) is 0 Å². The number of rotatable bonds is 3. The average molecular weight is 282 g/mol. The highest BCUT2D eigenvalue weighted by molar-refractivity contribution is 5.26. The van der Waals surface area contributed by atoms with Crippen molar-refractivity contribution in [2.45, 2.75) is 37.3 Å². The van der Waals surface area contributed by atoms with Gasteiger partial charge in [0.05, 0.1) is 5.66 Å². The summed E-state index contributed by atoms with van der Waals surface area (Å²) in [5.41, 5.74) is 14.2. The van der Waals surface area contributed by atoms with Gasteiger partial charge in [0.1, 0.15) is 0 Å². The first-order valence-corrected chi connectivity index (χ1v) is 7.58. The van der Waals surface area contributed by atoms with E-state index in [1.807, 2.05) is 48.8 Å². The summed E-state index contributed by atoms with van der Waals surface area (Å²) < 4.78 is 0. The van der Waals surface area contributed by atoms with Gasteiger partial charge in [-0.25, -0.2) is 0 Å². The Bertz CT molecular complexity index is 528. The van der Waals surface area contributed by atoms with Crippen molar-refractivity contribution in [1.82, 2.24) is 9.97 Å². The molecule has 0 saturated heterocycles. The van der Waals surface area contributed by atoms with Crippen LogP contribution in [0.2, 0.25) is 0 Å². The number of pyridine rings is 2. The lowest BCUT2D eigenvalue weighted by molar-refractivity contribution is 0.174. The van der Waals surface area contributed by atoms with Crippen LogP contribution in [0.5, 0.6) is 0 Å². The Kier molecular flexibility index (Phi) is 3.99. The van der Waals surface area contributed by atoms with Crippen LogP contribution >= 0.6 is 0 Å². The largest absolute Gasteiger partial charge is 0.313 e. The van der Waals surface area contributed by atoms with Crippen molar-refractivity contribution in [2.24, 2.45) is 17.4 Å². The maximum Gasteiger partial charge on any atom is 0.0675 e. The smallest absolute Gasteiger partial charge is 0.0675 e. The molecule has 0 aliphatic heterocycles. The fourth-order valence-electron chi connectivity index (χ4n) is 3.41. The van der Waals surface area contributed by atoms with E-state index in [-0.39, 0.29) is 11.8 Å². The molecule has 1 aliphatic rings. The Morgan fingerprint density at radius 3 is 2.05 bits per heavy atom. The van der Waals surface area contributed by atoms with Crippen molar-refractivity contribution in [2.75, 3.05) is 0 Å². The van der Waals surface area contributed by atoms with Gasteiger partial charge in [0.2, 0.25) is 0 Å². The minimum Gasteiger partial charge on any atom is -0.313 e. The molecule has 21 heavy (non-hydrogen) atoms. The van der Waals surface area contributed by atoms with E-state index in [2.05, 4.69) is 9.97 Å². The molecule has 1 unspecified atom stereocenters. The monoisotopic (exact) mass is 282 g/mol. The molecular weight excluding hydrogens is 260 g/mol. The molecule has 0 amide bonds. The Hall–Kier alpha value is -1.78. The highest BCUT2D eigenvalue weighted by Crippen LogP contribution is 2.41. The predicted octanol–water partition coefficient (Wildman–Crippen LogP) is 2.41. The van der Waals surface area contributed by atoms with E-state index < -0.39 is 5.66 Å². The second kappa shape index (κ2) is 5.92. The quantitative estimate of drug-likeness (QED) is 0.847. The third kappa shape index (κ3) is 2.96. The van der Waals surface area contributed by atoms with E-state index in [0.717, 1.165) is 37.1 Å². The van der Waals surface area contributed by atoms with E-state index in [1.54, 1.807) is 0 Å². The topological polar surface area (TPSA) is 77.8 Å². The minimum absolute atomic E-state index is 0.0581. The van der Waals surface area contributed by atoms with E-state index in [9.17, 15) is 0 Å². The average Bonchev–Trinajstić information content (AvgIpc) is 2.51. The van der Waals surface area contributed by atoms with Crippen LogP contribution in [-0.2, 0) is 0 Å². The van der Waals surface area contributed by atoms with Gasteiger partial charge in [0.15, 0.2) is 0 Å². The lowest BCUT2D eigenvalue weighted by atomic mass is 9.70. The summed E-state index contributed by atoms with van der Waals surface area (Å²) in [4.78, 5) is 9.09. The highest BCUT2D eigenvalue weighted by Gasteiger charge is 2.41. The van der Waals surface area contributed by atoms with Gasteiger partial charge in [-0.15, -0.1) is 0 Å². The van der Waals surface area contributed by atoms with Crippen LogP contribution in [0.25, 0.3) is 0 Å². The van der Waals surface area contributed by atoms with E-state index in [0.29, 0.717) is 0 Å². The van der Waals surface area contributed by atoms with E-state index >= 15 is 0 Å². The molecule has 3 rings (SSSR count). The van der Waals surface area contributed by atoms with E-state index in [4.69, 9.17) is 11.5 Å². The second-order valence-electron chi connectivity index (χ2n) is 5.95. The lowest BCUT2D eigenvalue weighted by Crippen LogP contribution is -2.58. The molecule has 1 aliphatic carbocycles. The standard InChI is InChI=1S/C17H22N4/c18-17(19)10-4-1-7-13(17)16(14-8-2-5-11-20-14)15-9-3-6-12-21-15/h2-3,5-6,8-9,11-13,16H,1,4,7,10,18-19H2. The Morgan fingerprint density at radius 2 is 1.57 bits per heavy atom. The molecule has 1 saturated carbocycles. The molecule has 110 valence electrons. The summed E-state index contributed by atoms with van der Waals surface area (Å²) in [6, 6.07) is 12.0. The van der Waals surface area contributed by atoms with Gasteiger partial charge in [0, 0.05) is 35.6 Å². The lowest BCUT2D eigenvalue weighted by Gasteiger charge is -2.42. The van der Waals surface area contributed by atoms with Gasteiger partial charge in [-0.3, -0.25) is 9.97 Å². The number of hydrogen-bond acceptors (Lipinski definition) is 4. The van der Waals surface area contributed by atoms with Gasteiger partial charge in [-0.2, -0.15) is 0 Å². The first kappa shape index (κ1) is 14.2. The van der Waals surface area contributed by atoms with Gasteiger partial charge >= 0.3 is 0 Å². The molecule has 1 fully saturated rings. The fourth-order valence-corrected chi connectivity index (χ4v) is 3.41. The maximum atomic E-state index is 6.42. The maximum absolute atomic E-state index is 6.42. The number of aromatic nitrogens is 2. The second-order valence-corrected chi connectivity index (χ2v) is 5.95. The SMILES string of the molecule is NC1(N)CCCCC1C(c1ccccn1)c1ccccn1. The molecule has 4 nitrogen and oxygen atoms in total. The van der Waals surface area contributed by atoms with Crippen molar-refractivity contribution in [3.8, 4) is 0 Å². The van der Waals surface area contributed by atoms with Crippen LogP contribution in [0.15, 0.2) is 48.8 Å². The summed E-state index contributed by atoms with van der Waals surface area (Å²) in [7, 11) is 0. The molecule has 0 radical (unpaired) electrons. The van der Waals surface area contributed by atoms with Crippen LogP contribution < -0.4 is 11.5 Å². The first-order chi connectivity index (χ1) is 10.2. The van der Waals surface area contributed by atoms with Crippen molar-refractivity contribution in [3.63, 3.8) is 0 Å². The summed E-state index contributed by atoms with van der Waals surface area (Å²) in [6.07, 6.45) is 7.78. The zero-order valence-electron chi connectivity index (χ0n) is 12.2. The summed E-state index contributed by atoms with van der Waals surface area (Å²) >= 11 is 0. The number of nitrogens with two attached hydrogens (primary N) is 2. The van der Waals surface area contributed by atoms with Gasteiger partial charge in [0.25, 0.3) is 0 Å². The Balaban J connectivity index is 2.04. The molecule has 4 N–H and O–H groups in total. The van der Waals surface area contributed by atoms with Crippen LogP contribution in [0.1, 0.15) is 43.0 Å². The zero-order valence-corrected chi connectivity index (χ0v) is 12.2. The molecular formula is C17H22N4. The Morgan fingerprint density at radius 1 is 0.952 bits per heavy atom. The highest BCUT2D eigenvalue weighted by atomic mass is 15.0. The van der Waals surface area contributed by atoms with Gasteiger partial charge in [-0.05, 0) is 37.1 Å². The van der Waals surface area contributed by atoms with E-state index in [1.165, 1.54) is 0 Å². The summed E-state index contributed by atoms with van der Waals surface area (Å²) in [5, 5.41) is 0. The minimum atomic E-state index is -0.655. The van der Waals surface area contributed by atoms with Gasteiger partial charge in [-0.1, -0.05) is 25.0 Å². The predicted molar refractivity (Wildman–Crippen MR) is 83.4 cm³/mol. The molecule has 2 aromatic heterocycles. The molecule has 2 aromatic rings. The third-order valence-electron chi connectivity index (χ3n) is 4.48. The van der Waals surface area contributed by atoms with Gasteiger partial charge < -0.3 is 11.5 Å². The summed E-state index contributed by atoms with van der Waals surface area (Å²) in [6.45, 7) is 0. The molecule has 0 aromatic carbocycles. The van der Waals surface area contributed by atoms with Crippen molar-refractivity contribution >= 4 is 0 Å². The third-order valence-corrected chi connectivity index (χ3v) is 4.48. The number of hydrogen-bond donors (Lipinski definition) is 2. The van der Waals surface area contributed by atoms with Crippen LogP contribution in [0.4, 0.5) is 0 Å². The number of nitrogens with zero attached hydrogens (tertiary/aromatic N) is 2. The molecule has 1 atom stereocenters. The molecule has 0 bridgehead atoms. The molecule has 2 heterocycles.